The number of hydrogen-bond donors (Lipinski definition) is 0. The standard InChI is InChI=1S/C18H11BrO3/c19-14-6-3-4-12(10-14)8-9-16(20)15-11-13-5-1-2-7-17(13)22-18(15)21/h1-11H/b9-8+. The Morgan fingerprint density at radius 2 is 1.86 bits per heavy atom. The summed E-state index contributed by atoms with van der Waals surface area (Å²) in [7, 11) is 0. The number of halogens is 1. The zero-order valence-corrected chi connectivity index (χ0v) is 13.0. The van der Waals surface area contributed by atoms with E-state index in [1.807, 2.05) is 30.3 Å². The number of fused-ring (bicyclic) bond motifs is 1. The molecule has 1 aromatic heterocycles. The lowest BCUT2D eigenvalue weighted by Crippen LogP contribution is -2.11. The number of allylic oxidation sites excluding steroid dienone is 1. The van der Waals surface area contributed by atoms with E-state index in [4.69, 9.17) is 4.42 Å². The Morgan fingerprint density at radius 3 is 2.68 bits per heavy atom. The molecule has 0 bridgehead atoms. The molecule has 0 aliphatic carbocycles. The molecule has 0 amide bonds. The van der Waals surface area contributed by atoms with E-state index in [0.717, 1.165) is 15.4 Å². The molecule has 108 valence electrons. The third kappa shape index (κ3) is 3.07. The number of benzene rings is 2. The van der Waals surface area contributed by atoms with Crippen molar-refractivity contribution in [2.24, 2.45) is 0 Å². The monoisotopic (exact) mass is 354 g/mol. The summed E-state index contributed by atoms with van der Waals surface area (Å²) in [5, 5.41) is 0.723. The molecule has 0 atom stereocenters. The van der Waals surface area contributed by atoms with Crippen molar-refractivity contribution in [3.05, 3.63) is 86.7 Å². The van der Waals surface area contributed by atoms with Gasteiger partial charge in [-0.2, -0.15) is 0 Å². The van der Waals surface area contributed by atoms with Gasteiger partial charge in [-0.3, -0.25) is 4.79 Å². The highest BCUT2D eigenvalue weighted by molar-refractivity contribution is 9.10. The Labute approximate surface area is 135 Å². The van der Waals surface area contributed by atoms with E-state index in [0.29, 0.717) is 5.58 Å². The molecule has 4 heteroatoms. The molecule has 0 saturated carbocycles. The topological polar surface area (TPSA) is 47.3 Å². The third-order valence-corrected chi connectivity index (χ3v) is 3.68. The molecular weight excluding hydrogens is 344 g/mol. The predicted molar refractivity (Wildman–Crippen MR) is 90.0 cm³/mol. The average Bonchev–Trinajstić information content (AvgIpc) is 2.52. The lowest BCUT2D eigenvalue weighted by atomic mass is 10.1. The SMILES string of the molecule is O=C(/C=C/c1cccc(Br)c1)c1cc2ccccc2oc1=O. The van der Waals surface area contributed by atoms with Gasteiger partial charge in [0.1, 0.15) is 11.1 Å². The molecule has 0 spiro atoms. The van der Waals surface area contributed by atoms with E-state index in [9.17, 15) is 9.59 Å². The van der Waals surface area contributed by atoms with Crippen molar-refractivity contribution in [3.63, 3.8) is 0 Å². The first-order valence-corrected chi connectivity index (χ1v) is 7.44. The molecule has 3 nitrogen and oxygen atoms in total. The molecule has 0 N–H and O–H groups in total. The van der Waals surface area contributed by atoms with Crippen molar-refractivity contribution in [1.82, 2.24) is 0 Å². The van der Waals surface area contributed by atoms with Crippen LogP contribution in [0.15, 0.2) is 74.4 Å². The Balaban J connectivity index is 1.95. The van der Waals surface area contributed by atoms with Crippen molar-refractivity contribution in [3.8, 4) is 0 Å². The normalized spacial score (nSPS) is 11.1. The minimum atomic E-state index is -0.623. The molecule has 3 aromatic rings. The van der Waals surface area contributed by atoms with Gasteiger partial charge in [-0.05, 0) is 35.9 Å². The zero-order valence-electron chi connectivity index (χ0n) is 11.5. The van der Waals surface area contributed by atoms with Crippen molar-refractivity contribution in [1.29, 1.82) is 0 Å². The maximum atomic E-state index is 12.2. The van der Waals surface area contributed by atoms with Crippen LogP contribution in [0.2, 0.25) is 0 Å². The van der Waals surface area contributed by atoms with Crippen LogP contribution in [0, 0.1) is 0 Å². The Hall–Kier alpha value is -2.46. The first-order valence-electron chi connectivity index (χ1n) is 6.64. The first-order chi connectivity index (χ1) is 10.6. The fourth-order valence-corrected chi connectivity index (χ4v) is 2.52. The molecule has 0 saturated heterocycles. The third-order valence-electron chi connectivity index (χ3n) is 3.18. The van der Waals surface area contributed by atoms with E-state index in [1.165, 1.54) is 6.08 Å². The molecule has 22 heavy (non-hydrogen) atoms. The summed E-state index contributed by atoms with van der Waals surface area (Å²) in [5.74, 6) is -0.375. The highest BCUT2D eigenvalue weighted by Crippen LogP contribution is 2.15. The smallest absolute Gasteiger partial charge is 0.347 e. The first kappa shape index (κ1) is 14.5. The van der Waals surface area contributed by atoms with Crippen molar-refractivity contribution < 1.29 is 9.21 Å². The van der Waals surface area contributed by atoms with Gasteiger partial charge in [0, 0.05) is 9.86 Å². The zero-order chi connectivity index (χ0) is 15.5. The van der Waals surface area contributed by atoms with Crippen LogP contribution >= 0.6 is 15.9 Å². The highest BCUT2D eigenvalue weighted by atomic mass is 79.9. The summed E-state index contributed by atoms with van der Waals surface area (Å²) in [5.41, 5.74) is 0.750. The van der Waals surface area contributed by atoms with Crippen LogP contribution in [0.25, 0.3) is 17.0 Å². The number of para-hydroxylation sites is 1. The molecule has 0 radical (unpaired) electrons. The van der Waals surface area contributed by atoms with Crippen LogP contribution in [0.5, 0.6) is 0 Å². The summed E-state index contributed by atoms with van der Waals surface area (Å²) < 4.78 is 6.09. The quantitative estimate of drug-likeness (QED) is 0.396. The molecule has 0 unspecified atom stereocenters. The van der Waals surface area contributed by atoms with Crippen LogP contribution < -0.4 is 5.63 Å². The van der Waals surface area contributed by atoms with Gasteiger partial charge < -0.3 is 4.42 Å². The number of ketones is 1. The summed E-state index contributed by atoms with van der Waals surface area (Å²) in [6, 6.07) is 16.2. The van der Waals surface area contributed by atoms with E-state index in [1.54, 1.807) is 30.3 Å². The van der Waals surface area contributed by atoms with Gasteiger partial charge in [0.25, 0.3) is 0 Å². The van der Waals surface area contributed by atoms with Crippen LogP contribution in [0.3, 0.4) is 0 Å². The Bertz CT molecular complexity index is 938. The van der Waals surface area contributed by atoms with Gasteiger partial charge in [-0.1, -0.05) is 52.3 Å². The fraction of sp³-hybridized carbons (Fsp3) is 0. The van der Waals surface area contributed by atoms with Gasteiger partial charge in [-0.15, -0.1) is 0 Å². The Morgan fingerprint density at radius 1 is 1.05 bits per heavy atom. The lowest BCUT2D eigenvalue weighted by molar-refractivity contribution is 0.104. The van der Waals surface area contributed by atoms with Crippen molar-refractivity contribution >= 4 is 38.8 Å². The molecule has 3 rings (SSSR count). The molecule has 0 aliphatic rings. The van der Waals surface area contributed by atoms with E-state index < -0.39 is 5.63 Å². The molecule has 2 aromatic carbocycles. The van der Waals surface area contributed by atoms with Gasteiger partial charge in [-0.25, -0.2) is 4.79 Å². The number of rotatable bonds is 3. The minimum absolute atomic E-state index is 0.0324. The second-order valence-corrected chi connectivity index (χ2v) is 5.65. The molecule has 1 heterocycles. The van der Waals surface area contributed by atoms with Crippen LogP contribution in [0.1, 0.15) is 15.9 Å². The summed E-state index contributed by atoms with van der Waals surface area (Å²) >= 11 is 3.37. The minimum Gasteiger partial charge on any atom is -0.422 e. The van der Waals surface area contributed by atoms with E-state index in [-0.39, 0.29) is 11.3 Å². The second kappa shape index (κ2) is 6.12. The summed E-state index contributed by atoms with van der Waals surface area (Å²) in [4.78, 5) is 24.1. The van der Waals surface area contributed by atoms with Crippen LogP contribution in [-0.2, 0) is 0 Å². The molecular formula is C18H11BrO3. The second-order valence-electron chi connectivity index (χ2n) is 4.74. The Kier molecular flexibility index (Phi) is 4.02. The van der Waals surface area contributed by atoms with Crippen LogP contribution in [0.4, 0.5) is 0 Å². The van der Waals surface area contributed by atoms with Crippen LogP contribution in [-0.4, -0.2) is 5.78 Å². The van der Waals surface area contributed by atoms with Crippen molar-refractivity contribution in [2.45, 2.75) is 0 Å². The molecule has 0 aliphatic heterocycles. The van der Waals surface area contributed by atoms with E-state index >= 15 is 0 Å². The maximum absolute atomic E-state index is 12.2. The summed E-state index contributed by atoms with van der Waals surface area (Å²) in [6.45, 7) is 0. The van der Waals surface area contributed by atoms with Gasteiger partial charge >= 0.3 is 5.63 Å². The predicted octanol–water partition coefficient (Wildman–Crippen LogP) is 4.45. The number of carbonyl (C=O) groups excluding carboxylic acids is 1. The lowest BCUT2D eigenvalue weighted by Gasteiger charge is -1.99. The average molecular weight is 355 g/mol. The summed E-state index contributed by atoms with van der Waals surface area (Å²) in [6.07, 6.45) is 3.05. The highest BCUT2D eigenvalue weighted by Gasteiger charge is 2.10. The van der Waals surface area contributed by atoms with E-state index in [2.05, 4.69) is 15.9 Å². The number of carbonyl (C=O) groups is 1. The fourth-order valence-electron chi connectivity index (χ4n) is 2.11. The van der Waals surface area contributed by atoms with Crippen molar-refractivity contribution in [2.75, 3.05) is 0 Å². The number of hydrogen-bond acceptors (Lipinski definition) is 3. The van der Waals surface area contributed by atoms with Gasteiger partial charge in [0.2, 0.25) is 0 Å². The largest absolute Gasteiger partial charge is 0.422 e. The molecule has 0 fully saturated rings. The van der Waals surface area contributed by atoms with Gasteiger partial charge in [0.05, 0.1) is 0 Å². The maximum Gasteiger partial charge on any atom is 0.347 e. The van der Waals surface area contributed by atoms with Gasteiger partial charge in [0.15, 0.2) is 5.78 Å².